The van der Waals surface area contributed by atoms with Gasteiger partial charge in [-0.05, 0) is 93.6 Å². The molecule has 2 aromatic rings. The number of benzene rings is 2. The molecule has 3 aliphatic heterocycles. The summed E-state index contributed by atoms with van der Waals surface area (Å²) in [6.45, 7) is 17.6. The Labute approximate surface area is 556 Å². The molecule has 94 heavy (non-hydrogen) atoms. The van der Waals surface area contributed by atoms with E-state index in [1.54, 1.807) is 55.1 Å². The van der Waals surface area contributed by atoms with Crippen molar-refractivity contribution in [3.8, 4) is 0 Å². The lowest BCUT2D eigenvalue weighted by molar-refractivity contribution is -0.154. The van der Waals surface area contributed by atoms with Gasteiger partial charge in [0.25, 0.3) is 0 Å². The number of aliphatic hydroxyl groups is 1. The van der Waals surface area contributed by atoms with Crippen LogP contribution in [0.3, 0.4) is 0 Å². The van der Waals surface area contributed by atoms with Crippen LogP contribution in [0.1, 0.15) is 145 Å². The molecule has 0 spiro atoms. The van der Waals surface area contributed by atoms with Crippen molar-refractivity contribution >= 4 is 70.8 Å². The van der Waals surface area contributed by atoms with Crippen molar-refractivity contribution in [2.24, 2.45) is 29.6 Å². The van der Waals surface area contributed by atoms with Crippen LogP contribution in [0.15, 0.2) is 60.7 Å². The molecule has 24 nitrogen and oxygen atoms in total. The Balaban J connectivity index is 1.64. The number of nitrogens with one attached hydrogen (secondary N) is 4. The summed E-state index contributed by atoms with van der Waals surface area (Å²) >= 11 is 0. The number of fused-ring (bicyclic) bond motifs is 1. The molecule has 3 aliphatic rings. The van der Waals surface area contributed by atoms with E-state index in [1.165, 1.54) is 73.6 Å². The zero-order valence-corrected chi connectivity index (χ0v) is 58.2. The third kappa shape index (κ3) is 20.6. The average Bonchev–Trinajstić information content (AvgIpc) is 1.36. The summed E-state index contributed by atoms with van der Waals surface area (Å²) in [4.78, 5) is 186. The van der Waals surface area contributed by atoms with E-state index in [-0.39, 0.29) is 50.5 Å². The fraction of sp³-hybridized carbons (Fsp3) is 0.657. The van der Waals surface area contributed by atoms with Gasteiger partial charge >= 0.3 is 0 Å². The lowest BCUT2D eigenvalue weighted by Crippen LogP contribution is -2.62. The van der Waals surface area contributed by atoms with Crippen LogP contribution in [-0.2, 0) is 70.4 Å². The van der Waals surface area contributed by atoms with Gasteiger partial charge in [0.15, 0.2) is 5.78 Å². The van der Waals surface area contributed by atoms with E-state index in [2.05, 4.69) is 21.3 Å². The molecule has 12 atom stereocenters. The van der Waals surface area contributed by atoms with Crippen molar-refractivity contribution in [3.63, 3.8) is 0 Å². The second-order valence-electron chi connectivity index (χ2n) is 27.5. The van der Waals surface area contributed by atoms with Crippen LogP contribution >= 0.6 is 0 Å². The lowest BCUT2D eigenvalue weighted by Gasteiger charge is -2.40. The highest BCUT2D eigenvalue weighted by molar-refractivity contribution is 6.00. The van der Waals surface area contributed by atoms with E-state index in [4.69, 9.17) is 0 Å². The summed E-state index contributed by atoms with van der Waals surface area (Å²) in [5, 5.41) is 22.0. The molecule has 24 heteroatoms. The van der Waals surface area contributed by atoms with E-state index in [9.17, 15) is 38.7 Å². The van der Waals surface area contributed by atoms with Gasteiger partial charge in [-0.25, -0.2) is 0 Å². The summed E-state index contributed by atoms with van der Waals surface area (Å²) in [6, 6.07) is 6.72. The molecule has 520 valence electrons. The molecular weight excluding hydrogens is 1200 g/mol. The number of carbonyl (C=O) groups excluding carboxylic acids is 12. The number of piperidine rings is 1. The first-order valence-electron chi connectivity index (χ1n) is 33.7. The Bertz CT molecular complexity index is 2960. The third-order valence-electron chi connectivity index (χ3n) is 18.7. The topological polar surface area (TPSA) is 296 Å². The Hall–Kier alpha value is -7.76. The van der Waals surface area contributed by atoms with Crippen molar-refractivity contribution in [1.29, 1.82) is 0 Å². The van der Waals surface area contributed by atoms with Gasteiger partial charge in [0.2, 0.25) is 65.0 Å². The highest BCUT2D eigenvalue weighted by Crippen LogP contribution is 2.28. The zero-order valence-electron chi connectivity index (χ0n) is 58.2. The first kappa shape index (κ1) is 76.9. The number of nitrogens with zero attached hydrogens (tertiary/aromatic N) is 7. The fourth-order valence-electron chi connectivity index (χ4n) is 12.9. The summed E-state index contributed by atoms with van der Waals surface area (Å²) in [7, 11) is 7.27. The Morgan fingerprint density at radius 2 is 1.07 bits per heavy atom. The van der Waals surface area contributed by atoms with Crippen LogP contribution in [0.4, 0.5) is 0 Å². The van der Waals surface area contributed by atoms with Crippen LogP contribution in [0, 0.1) is 29.6 Å². The molecule has 0 bridgehead atoms. The van der Waals surface area contributed by atoms with E-state index in [1.807, 2.05) is 65.8 Å². The number of hydrogen-bond acceptors (Lipinski definition) is 13. The third-order valence-corrected chi connectivity index (χ3v) is 18.7. The standard InChI is InChI=1S/C70H107N11O13/c1-16-45(8)61-70(94)81-34-26-31-52(81)66(90)75(11)41-58(85)73-60(47(10)82)56(83)39-50(64(88)80-32-24-19-25-33-80)40-57(84)71-46(9)62(86)74-59(44(6)7)69(93)78(14)55(36-43(4)5)68(92)77(13)54(35-42(2)3)67(91)76(12)53(38-49-29-22-18-23-30-49)63(87)72-51(65(89)79(61)15)37-48-27-20-17-21-28-48/h17-18,20-23,27-30,42-47,50-55,59-61,82H,16,19,24-26,31-41H2,1-15H3,(H,71,84)(H,72,87)(H,73,85)(H,74,86)/t45-,46-,47+,50-,51-,52-,53-,54-,55-,59-,60-,61-/m0/s1. The molecule has 0 saturated carbocycles. The number of likely N-dealkylation sites (tertiary alicyclic amines) is 1. The molecule has 5 rings (SSSR count). The van der Waals surface area contributed by atoms with Gasteiger partial charge in [-0.1, -0.05) is 122 Å². The maximum Gasteiger partial charge on any atom is 0.246 e. The molecular formula is C70H107N11O13. The molecule has 5 N–H and O–H groups in total. The van der Waals surface area contributed by atoms with Gasteiger partial charge in [0.05, 0.1) is 18.6 Å². The van der Waals surface area contributed by atoms with Crippen LogP contribution in [-0.4, -0.2) is 232 Å². The predicted molar refractivity (Wildman–Crippen MR) is 355 cm³/mol. The first-order chi connectivity index (χ1) is 44.3. The van der Waals surface area contributed by atoms with Crippen LogP contribution in [0.25, 0.3) is 0 Å². The normalized spacial score (nSPS) is 26.7. The molecule has 0 aliphatic carbocycles. The van der Waals surface area contributed by atoms with E-state index >= 15 is 24.0 Å². The summed E-state index contributed by atoms with van der Waals surface area (Å²) < 4.78 is 0. The van der Waals surface area contributed by atoms with E-state index in [0.29, 0.717) is 49.9 Å². The molecule has 0 unspecified atom stereocenters. The number of likely N-dealkylation sites (N-methyl/N-ethyl adjacent to an activating group) is 5. The van der Waals surface area contributed by atoms with Gasteiger partial charge < -0.3 is 60.7 Å². The quantitative estimate of drug-likeness (QED) is 0.193. The molecule has 3 heterocycles. The smallest absolute Gasteiger partial charge is 0.246 e. The number of ketones is 1. The van der Waals surface area contributed by atoms with E-state index < -0.39 is 168 Å². The van der Waals surface area contributed by atoms with Gasteiger partial charge in [-0.2, -0.15) is 0 Å². The lowest BCUT2D eigenvalue weighted by atomic mass is 9.91. The van der Waals surface area contributed by atoms with Crippen LogP contribution < -0.4 is 21.3 Å². The molecule has 0 aromatic heterocycles. The monoisotopic (exact) mass is 1310 g/mol. The van der Waals surface area contributed by atoms with Crippen molar-refractivity contribution in [1.82, 2.24) is 55.6 Å². The number of hydrogen-bond donors (Lipinski definition) is 5. The maximum atomic E-state index is 15.5. The van der Waals surface area contributed by atoms with Gasteiger partial charge in [0.1, 0.15) is 54.4 Å². The summed E-state index contributed by atoms with van der Waals surface area (Å²) in [5.74, 6) is -10.6. The minimum atomic E-state index is -1.59. The Morgan fingerprint density at radius 3 is 1.60 bits per heavy atom. The van der Waals surface area contributed by atoms with Gasteiger partial charge in [-0.15, -0.1) is 0 Å². The van der Waals surface area contributed by atoms with Crippen molar-refractivity contribution in [2.45, 2.75) is 207 Å². The SMILES string of the molecule is CC[C@H](C)[C@H]1C(=O)N2CCC[C@H]2C(=O)N(C)CC(=O)N[C@@H]([C@@H](C)O)C(=O)C[C@H](C(=O)N2CCCCC2)CC(=O)N[C@@H](C)C(=O)N[C@@H](C(C)C)C(=O)N(C)[C@@H](CC(C)C)C(=O)N(C)[C@@H](CC(C)C)C(=O)N(C)[C@@H](Cc2ccccc2)C(=O)N[C@@H](Cc2ccccc2)C(=O)N1C. The van der Waals surface area contributed by atoms with Crippen molar-refractivity contribution in [3.05, 3.63) is 71.8 Å². The highest BCUT2D eigenvalue weighted by Gasteiger charge is 2.46. The molecule has 11 amide bonds. The summed E-state index contributed by atoms with van der Waals surface area (Å²) in [6.07, 6.45) is 0.844. The minimum absolute atomic E-state index is 0.0203. The Morgan fingerprint density at radius 1 is 0.543 bits per heavy atom. The highest BCUT2D eigenvalue weighted by atomic mass is 16.3. The van der Waals surface area contributed by atoms with Crippen molar-refractivity contribution < 1.29 is 62.6 Å². The second kappa shape index (κ2) is 35.7. The number of rotatable bonds is 13. The van der Waals surface area contributed by atoms with Gasteiger partial charge in [-0.3, -0.25) is 57.5 Å². The second-order valence-corrected chi connectivity index (χ2v) is 27.5. The first-order valence-corrected chi connectivity index (χ1v) is 33.7. The van der Waals surface area contributed by atoms with Crippen LogP contribution in [0.2, 0.25) is 0 Å². The number of aliphatic hydroxyl groups excluding tert-OH is 1. The van der Waals surface area contributed by atoms with Crippen molar-refractivity contribution in [2.75, 3.05) is 61.4 Å². The minimum Gasteiger partial charge on any atom is -0.391 e. The Kier molecular flexibility index (Phi) is 29.2. The van der Waals surface area contributed by atoms with E-state index in [0.717, 1.165) is 11.3 Å². The van der Waals surface area contributed by atoms with Crippen LogP contribution in [0.5, 0.6) is 0 Å². The number of carbonyl (C=O) groups is 12. The predicted octanol–water partition coefficient (Wildman–Crippen LogP) is 3.35. The molecule has 0 radical (unpaired) electrons. The number of amides is 11. The largest absolute Gasteiger partial charge is 0.391 e. The van der Waals surface area contributed by atoms with Gasteiger partial charge in [0, 0.05) is 80.6 Å². The zero-order chi connectivity index (χ0) is 70.0. The maximum absolute atomic E-state index is 15.5. The molecule has 2 aromatic carbocycles. The average molecular weight is 1310 g/mol. The fourth-order valence-corrected chi connectivity index (χ4v) is 12.9. The number of Topliss-reactive ketones (excluding diaryl/α,β-unsaturated/α-hetero) is 1. The summed E-state index contributed by atoms with van der Waals surface area (Å²) in [5.41, 5.74) is 1.36. The molecule has 3 saturated heterocycles. The molecule has 3 fully saturated rings.